The highest BCUT2D eigenvalue weighted by molar-refractivity contribution is 5.56. The Bertz CT molecular complexity index is 1010. The minimum Gasteiger partial charge on any atom is -0.387 e. The number of hydrogen-bond acceptors (Lipinski definition) is 4. The zero-order chi connectivity index (χ0) is 24.4. The van der Waals surface area contributed by atoms with Crippen molar-refractivity contribution < 1.29 is 31.4 Å². The number of aliphatic hydroxyl groups excluding tert-OH is 1. The van der Waals surface area contributed by atoms with Crippen molar-refractivity contribution in [1.82, 2.24) is 9.88 Å². The summed E-state index contributed by atoms with van der Waals surface area (Å²) in [7, 11) is 0. The molecule has 0 saturated heterocycles. The molecule has 1 N–H and O–H groups in total. The number of aliphatic hydroxyl groups is 1. The molecule has 2 unspecified atom stereocenters. The van der Waals surface area contributed by atoms with Crippen molar-refractivity contribution in [3.63, 3.8) is 0 Å². The standard InChI is InChI=1S/C23H27F6N3O/c1-14-10-17-16(19(33)13-32(9-5-8-30)15-6-3-2-4-7-15)12-20(23(27,28)29)31-21(17)18(11-14)22(24,25)26/h10,12,14-15,19,33H,2-7,9,11,13H2,1H3. The Morgan fingerprint density at radius 1 is 1.15 bits per heavy atom. The number of halogens is 6. The van der Waals surface area contributed by atoms with Gasteiger partial charge in [0.25, 0.3) is 0 Å². The number of nitriles is 1. The minimum absolute atomic E-state index is 0.0658. The van der Waals surface area contributed by atoms with Gasteiger partial charge in [0, 0.05) is 30.8 Å². The molecule has 10 heteroatoms. The summed E-state index contributed by atoms with van der Waals surface area (Å²) in [5.41, 5.74) is -2.78. The number of aromatic nitrogens is 1. The fraction of sp³-hybridized carbons (Fsp3) is 0.652. The van der Waals surface area contributed by atoms with E-state index in [1.54, 1.807) is 6.92 Å². The lowest BCUT2D eigenvalue weighted by molar-refractivity contribution is -0.141. The second-order valence-electron chi connectivity index (χ2n) is 8.89. The Morgan fingerprint density at radius 2 is 1.82 bits per heavy atom. The molecule has 0 spiro atoms. The lowest BCUT2D eigenvalue weighted by Gasteiger charge is -2.35. The number of rotatable bonds is 6. The summed E-state index contributed by atoms with van der Waals surface area (Å²) in [5.74, 6) is -0.577. The average molecular weight is 475 g/mol. The molecule has 0 bridgehead atoms. The largest absolute Gasteiger partial charge is 0.433 e. The maximum absolute atomic E-state index is 13.7. The molecule has 4 nitrogen and oxygen atoms in total. The fourth-order valence-corrected chi connectivity index (χ4v) is 4.80. The Hall–Kier alpha value is -2.12. The lowest BCUT2D eigenvalue weighted by Crippen LogP contribution is -2.45. The number of alkyl halides is 6. The second kappa shape index (κ2) is 10.0. The van der Waals surface area contributed by atoms with Crippen LogP contribution in [0.3, 0.4) is 0 Å². The topological polar surface area (TPSA) is 60.1 Å². The molecule has 1 saturated carbocycles. The van der Waals surface area contributed by atoms with E-state index in [1.807, 2.05) is 11.0 Å². The first-order chi connectivity index (χ1) is 15.4. The van der Waals surface area contributed by atoms with Gasteiger partial charge in [0.05, 0.1) is 23.1 Å². The maximum Gasteiger partial charge on any atom is 0.433 e. The van der Waals surface area contributed by atoms with E-state index in [0.29, 0.717) is 12.6 Å². The Labute approximate surface area is 188 Å². The average Bonchev–Trinajstić information content (AvgIpc) is 2.74. The molecule has 1 heterocycles. The van der Waals surface area contributed by atoms with Crippen molar-refractivity contribution in [1.29, 1.82) is 5.26 Å². The Morgan fingerprint density at radius 3 is 2.39 bits per heavy atom. The first-order valence-electron chi connectivity index (χ1n) is 11.1. The molecule has 0 radical (unpaired) electrons. The minimum atomic E-state index is -4.97. The lowest BCUT2D eigenvalue weighted by atomic mass is 9.90. The van der Waals surface area contributed by atoms with E-state index in [0.717, 1.165) is 32.1 Å². The Balaban J connectivity index is 2.11. The van der Waals surface area contributed by atoms with Crippen LogP contribution in [0.25, 0.3) is 11.6 Å². The van der Waals surface area contributed by atoms with Crippen LogP contribution in [0.15, 0.2) is 6.07 Å². The Kier molecular flexibility index (Phi) is 7.74. The summed E-state index contributed by atoms with van der Waals surface area (Å²) in [5, 5.41) is 19.2. The van der Waals surface area contributed by atoms with Crippen LogP contribution in [-0.4, -0.2) is 40.3 Å². The zero-order valence-electron chi connectivity index (χ0n) is 18.3. The molecule has 3 rings (SSSR count). The summed E-state index contributed by atoms with van der Waals surface area (Å²) in [6.45, 7) is 1.81. The molecule has 0 aromatic carbocycles. The van der Waals surface area contributed by atoms with E-state index < -0.39 is 47.4 Å². The van der Waals surface area contributed by atoms with Gasteiger partial charge in [0.15, 0.2) is 0 Å². The van der Waals surface area contributed by atoms with E-state index in [2.05, 4.69) is 4.98 Å². The molecule has 1 fully saturated rings. The molecule has 2 atom stereocenters. The van der Waals surface area contributed by atoms with Gasteiger partial charge in [-0.05, 0) is 36.8 Å². The predicted molar refractivity (Wildman–Crippen MR) is 110 cm³/mol. The highest BCUT2D eigenvalue weighted by Crippen LogP contribution is 2.34. The summed E-state index contributed by atoms with van der Waals surface area (Å²) in [6, 6.07) is 2.77. The monoisotopic (exact) mass is 475 g/mol. The third-order valence-corrected chi connectivity index (χ3v) is 6.35. The fourth-order valence-electron chi connectivity index (χ4n) is 4.80. The second-order valence-corrected chi connectivity index (χ2v) is 8.89. The van der Waals surface area contributed by atoms with Crippen molar-refractivity contribution in [2.45, 2.75) is 76.4 Å². The van der Waals surface area contributed by atoms with Crippen LogP contribution in [0.2, 0.25) is 0 Å². The summed E-state index contributed by atoms with van der Waals surface area (Å²) in [4.78, 5) is 5.23. The summed E-state index contributed by atoms with van der Waals surface area (Å²) < 4.78 is 81.6. The number of nitrogens with zero attached hydrogens (tertiary/aromatic N) is 3. The van der Waals surface area contributed by atoms with Crippen molar-refractivity contribution >= 4 is 11.6 Å². The molecule has 182 valence electrons. The highest BCUT2D eigenvalue weighted by Gasteiger charge is 2.40. The van der Waals surface area contributed by atoms with Crippen LogP contribution in [0.4, 0.5) is 26.3 Å². The van der Waals surface area contributed by atoms with Crippen molar-refractivity contribution in [3.8, 4) is 6.07 Å². The van der Waals surface area contributed by atoms with Crippen LogP contribution in [0, 0.1) is 17.2 Å². The summed E-state index contributed by atoms with van der Waals surface area (Å²) >= 11 is 0. The molecular weight excluding hydrogens is 448 g/mol. The van der Waals surface area contributed by atoms with Gasteiger partial charge in [-0.2, -0.15) is 31.6 Å². The van der Waals surface area contributed by atoms with Crippen LogP contribution in [0.5, 0.6) is 0 Å². The van der Waals surface area contributed by atoms with Gasteiger partial charge in [-0.3, -0.25) is 4.90 Å². The first kappa shape index (κ1) is 25.5. The van der Waals surface area contributed by atoms with Crippen molar-refractivity contribution in [2.24, 2.45) is 5.92 Å². The normalized spacial score (nSPS) is 20.8. The van der Waals surface area contributed by atoms with Crippen LogP contribution in [-0.2, 0) is 6.18 Å². The van der Waals surface area contributed by atoms with Gasteiger partial charge < -0.3 is 5.11 Å². The van der Waals surface area contributed by atoms with E-state index in [1.165, 1.54) is 6.08 Å². The number of hydrogen-bond donors (Lipinski definition) is 1. The summed E-state index contributed by atoms with van der Waals surface area (Å²) in [6.07, 6.45) is -5.39. The van der Waals surface area contributed by atoms with Gasteiger partial charge in [0.1, 0.15) is 5.69 Å². The van der Waals surface area contributed by atoms with Crippen molar-refractivity contribution in [2.75, 3.05) is 13.1 Å². The van der Waals surface area contributed by atoms with Gasteiger partial charge in [-0.1, -0.05) is 32.3 Å². The maximum atomic E-state index is 13.7. The van der Waals surface area contributed by atoms with E-state index >= 15 is 0 Å². The van der Waals surface area contributed by atoms with Gasteiger partial charge >= 0.3 is 12.4 Å². The molecule has 0 aliphatic heterocycles. The highest BCUT2D eigenvalue weighted by atomic mass is 19.4. The molecule has 2 aliphatic rings. The SMILES string of the molecule is CC1C=c2c(C(O)CN(CCC#N)C3CCCCC3)cc(C(F)(F)F)nc2=C(C(F)(F)F)C1. The van der Waals surface area contributed by atoms with Crippen LogP contribution in [0.1, 0.15) is 69.2 Å². The number of fused-ring (bicyclic) bond motifs is 1. The van der Waals surface area contributed by atoms with Gasteiger partial charge in [-0.15, -0.1) is 0 Å². The molecule has 1 aromatic rings. The van der Waals surface area contributed by atoms with Gasteiger partial charge in [0.2, 0.25) is 0 Å². The quantitative estimate of drug-likeness (QED) is 0.627. The van der Waals surface area contributed by atoms with Gasteiger partial charge in [-0.25, -0.2) is 4.98 Å². The molecular formula is C23H27F6N3O. The van der Waals surface area contributed by atoms with E-state index in [9.17, 15) is 31.4 Å². The third kappa shape index (κ3) is 6.07. The first-order valence-corrected chi connectivity index (χ1v) is 11.1. The van der Waals surface area contributed by atoms with Crippen LogP contribution >= 0.6 is 0 Å². The third-order valence-electron chi connectivity index (χ3n) is 6.35. The zero-order valence-corrected chi connectivity index (χ0v) is 18.3. The molecule has 0 amide bonds. The van der Waals surface area contributed by atoms with E-state index in [-0.39, 0.29) is 29.8 Å². The van der Waals surface area contributed by atoms with Crippen LogP contribution < -0.4 is 10.6 Å². The molecule has 1 aromatic heterocycles. The number of pyridine rings is 1. The van der Waals surface area contributed by atoms with E-state index in [4.69, 9.17) is 5.26 Å². The molecule has 33 heavy (non-hydrogen) atoms. The smallest absolute Gasteiger partial charge is 0.387 e. The predicted octanol–water partition coefficient (Wildman–Crippen LogP) is 4.22. The van der Waals surface area contributed by atoms with Crippen molar-refractivity contribution in [3.05, 3.63) is 27.9 Å². The molecule has 2 aliphatic carbocycles.